The van der Waals surface area contributed by atoms with Crippen molar-refractivity contribution < 1.29 is 4.42 Å². The Labute approximate surface area is 71.5 Å². The number of likely N-dealkylation sites (tertiary alicyclic amines) is 1. The Balaban J connectivity index is 2.09. The Morgan fingerprint density at radius 1 is 1.42 bits per heavy atom. The number of amidine groups is 1. The van der Waals surface area contributed by atoms with Gasteiger partial charge < -0.3 is 9.32 Å². The van der Waals surface area contributed by atoms with Gasteiger partial charge in [-0.1, -0.05) is 0 Å². The highest BCUT2D eigenvalue weighted by atomic mass is 16.3. The highest BCUT2D eigenvalue weighted by Gasteiger charge is 2.17. The van der Waals surface area contributed by atoms with Crippen LogP contribution in [0.2, 0.25) is 0 Å². The maximum atomic E-state index is 7.78. The van der Waals surface area contributed by atoms with Crippen molar-refractivity contribution in [3.63, 3.8) is 0 Å². The number of hydrogen-bond donors (Lipinski definition) is 1. The Kier molecular flexibility index (Phi) is 1.86. The third kappa shape index (κ3) is 1.22. The molecule has 1 aliphatic heterocycles. The maximum Gasteiger partial charge on any atom is 0.168 e. The molecule has 3 heteroatoms. The molecule has 0 amide bonds. The predicted octanol–water partition coefficient (Wildman–Crippen LogP) is 1.70. The molecule has 1 saturated heterocycles. The van der Waals surface area contributed by atoms with E-state index in [4.69, 9.17) is 9.83 Å². The molecule has 2 rings (SSSR count). The van der Waals surface area contributed by atoms with Crippen LogP contribution in [0.5, 0.6) is 0 Å². The Morgan fingerprint density at radius 2 is 2.17 bits per heavy atom. The lowest BCUT2D eigenvalue weighted by molar-refractivity contribution is 0.483. The van der Waals surface area contributed by atoms with Crippen molar-refractivity contribution in [3.05, 3.63) is 24.2 Å². The van der Waals surface area contributed by atoms with Crippen molar-refractivity contribution in [1.82, 2.24) is 4.90 Å². The van der Waals surface area contributed by atoms with Crippen molar-refractivity contribution in [2.24, 2.45) is 0 Å². The molecule has 1 fully saturated rings. The molecule has 0 unspecified atom stereocenters. The summed E-state index contributed by atoms with van der Waals surface area (Å²) in [7, 11) is 0. The van der Waals surface area contributed by atoms with Gasteiger partial charge in [0, 0.05) is 13.1 Å². The van der Waals surface area contributed by atoms with E-state index >= 15 is 0 Å². The molecule has 0 bridgehead atoms. The summed E-state index contributed by atoms with van der Waals surface area (Å²) in [6, 6.07) is 3.65. The van der Waals surface area contributed by atoms with E-state index in [-0.39, 0.29) is 0 Å². The van der Waals surface area contributed by atoms with Crippen LogP contribution in [0, 0.1) is 5.41 Å². The molecular weight excluding hydrogens is 152 g/mol. The first-order valence-corrected chi connectivity index (χ1v) is 4.25. The topological polar surface area (TPSA) is 40.2 Å². The van der Waals surface area contributed by atoms with Gasteiger partial charge >= 0.3 is 0 Å². The molecular formula is C9H12N2O. The highest BCUT2D eigenvalue weighted by Crippen LogP contribution is 2.12. The van der Waals surface area contributed by atoms with E-state index in [0.717, 1.165) is 13.1 Å². The summed E-state index contributed by atoms with van der Waals surface area (Å²) in [6.07, 6.45) is 4.01. The minimum Gasteiger partial charge on any atom is -0.461 e. The fourth-order valence-corrected chi connectivity index (χ4v) is 1.51. The standard InChI is InChI=1S/C9H12N2O/c10-9(8-4-3-7-12-8)11-5-1-2-6-11/h3-4,7,10H,1-2,5-6H2. The molecule has 1 N–H and O–H groups in total. The van der Waals surface area contributed by atoms with Crippen LogP contribution in [0.1, 0.15) is 18.6 Å². The molecule has 1 aliphatic rings. The maximum absolute atomic E-state index is 7.78. The normalized spacial score (nSPS) is 16.8. The summed E-state index contributed by atoms with van der Waals surface area (Å²) >= 11 is 0. The van der Waals surface area contributed by atoms with Crippen LogP contribution < -0.4 is 0 Å². The largest absolute Gasteiger partial charge is 0.461 e. The number of furan rings is 1. The van der Waals surface area contributed by atoms with Crippen molar-refractivity contribution >= 4 is 5.84 Å². The van der Waals surface area contributed by atoms with Gasteiger partial charge in [0.2, 0.25) is 0 Å². The van der Waals surface area contributed by atoms with Crippen LogP contribution in [0.25, 0.3) is 0 Å². The van der Waals surface area contributed by atoms with Gasteiger partial charge in [0.1, 0.15) is 0 Å². The SMILES string of the molecule is N=C(c1ccco1)N1CCCC1. The fourth-order valence-electron chi connectivity index (χ4n) is 1.51. The van der Waals surface area contributed by atoms with Crippen LogP contribution >= 0.6 is 0 Å². The summed E-state index contributed by atoms with van der Waals surface area (Å²) in [5, 5.41) is 7.78. The van der Waals surface area contributed by atoms with Gasteiger partial charge in [0.15, 0.2) is 11.6 Å². The summed E-state index contributed by atoms with van der Waals surface area (Å²) in [5.41, 5.74) is 0. The second kappa shape index (κ2) is 3.01. The Bertz CT molecular complexity index is 260. The Morgan fingerprint density at radius 3 is 2.75 bits per heavy atom. The molecule has 64 valence electrons. The molecule has 0 spiro atoms. The van der Waals surface area contributed by atoms with Gasteiger partial charge in [-0.3, -0.25) is 5.41 Å². The number of nitrogens with one attached hydrogen (secondary N) is 1. The first-order chi connectivity index (χ1) is 5.88. The van der Waals surface area contributed by atoms with Crippen molar-refractivity contribution in [2.75, 3.05) is 13.1 Å². The zero-order chi connectivity index (χ0) is 8.39. The lowest BCUT2D eigenvalue weighted by Crippen LogP contribution is -2.27. The van der Waals surface area contributed by atoms with Crippen LogP contribution in [0.3, 0.4) is 0 Å². The van der Waals surface area contributed by atoms with Gasteiger partial charge in [-0.15, -0.1) is 0 Å². The molecule has 0 saturated carbocycles. The number of rotatable bonds is 1. The molecule has 3 nitrogen and oxygen atoms in total. The van der Waals surface area contributed by atoms with Gasteiger partial charge in [-0.05, 0) is 25.0 Å². The number of nitrogens with zero attached hydrogens (tertiary/aromatic N) is 1. The van der Waals surface area contributed by atoms with Gasteiger partial charge in [-0.2, -0.15) is 0 Å². The van der Waals surface area contributed by atoms with Crippen LogP contribution in [0.4, 0.5) is 0 Å². The van der Waals surface area contributed by atoms with Gasteiger partial charge in [-0.25, -0.2) is 0 Å². The molecule has 0 atom stereocenters. The summed E-state index contributed by atoms with van der Waals surface area (Å²) < 4.78 is 5.14. The van der Waals surface area contributed by atoms with Crippen LogP contribution in [0.15, 0.2) is 22.8 Å². The average molecular weight is 164 g/mol. The van der Waals surface area contributed by atoms with Crippen molar-refractivity contribution in [1.29, 1.82) is 5.41 Å². The molecule has 1 aromatic heterocycles. The van der Waals surface area contributed by atoms with Gasteiger partial charge in [0.25, 0.3) is 0 Å². The number of hydrogen-bond acceptors (Lipinski definition) is 2. The van der Waals surface area contributed by atoms with Crippen molar-refractivity contribution in [3.8, 4) is 0 Å². The molecule has 0 aromatic carbocycles. The van der Waals surface area contributed by atoms with E-state index in [0.29, 0.717) is 11.6 Å². The highest BCUT2D eigenvalue weighted by molar-refractivity contribution is 5.93. The van der Waals surface area contributed by atoms with E-state index in [1.807, 2.05) is 12.1 Å². The Hall–Kier alpha value is -1.25. The summed E-state index contributed by atoms with van der Waals surface area (Å²) in [6.45, 7) is 2.00. The summed E-state index contributed by atoms with van der Waals surface area (Å²) in [5.74, 6) is 1.20. The van der Waals surface area contributed by atoms with Crippen LogP contribution in [-0.2, 0) is 0 Å². The lowest BCUT2D eigenvalue weighted by Gasteiger charge is -2.15. The molecule has 0 radical (unpaired) electrons. The third-order valence-corrected chi connectivity index (χ3v) is 2.18. The average Bonchev–Trinajstić information content (AvgIpc) is 2.77. The van der Waals surface area contributed by atoms with E-state index in [2.05, 4.69) is 4.90 Å². The molecule has 12 heavy (non-hydrogen) atoms. The van der Waals surface area contributed by atoms with E-state index in [1.54, 1.807) is 6.26 Å². The molecule has 1 aromatic rings. The second-order valence-corrected chi connectivity index (χ2v) is 3.02. The minimum atomic E-state index is 0.525. The smallest absolute Gasteiger partial charge is 0.168 e. The third-order valence-electron chi connectivity index (χ3n) is 2.18. The molecule has 0 aliphatic carbocycles. The zero-order valence-electron chi connectivity index (χ0n) is 6.92. The first kappa shape index (κ1) is 7.40. The zero-order valence-corrected chi connectivity index (χ0v) is 6.92. The monoisotopic (exact) mass is 164 g/mol. The summed E-state index contributed by atoms with van der Waals surface area (Å²) in [4.78, 5) is 2.05. The van der Waals surface area contributed by atoms with E-state index in [9.17, 15) is 0 Å². The quantitative estimate of drug-likeness (QED) is 0.507. The minimum absolute atomic E-state index is 0.525. The van der Waals surface area contributed by atoms with E-state index in [1.165, 1.54) is 12.8 Å². The van der Waals surface area contributed by atoms with Crippen molar-refractivity contribution in [2.45, 2.75) is 12.8 Å². The molecule has 2 heterocycles. The first-order valence-electron chi connectivity index (χ1n) is 4.25. The van der Waals surface area contributed by atoms with Crippen LogP contribution in [-0.4, -0.2) is 23.8 Å². The fraction of sp³-hybridized carbons (Fsp3) is 0.444. The predicted molar refractivity (Wildman–Crippen MR) is 46.3 cm³/mol. The second-order valence-electron chi connectivity index (χ2n) is 3.02. The lowest BCUT2D eigenvalue weighted by atomic mass is 10.4. The van der Waals surface area contributed by atoms with E-state index < -0.39 is 0 Å². The van der Waals surface area contributed by atoms with Gasteiger partial charge in [0.05, 0.1) is 6.26 Å².